The molecule has 0 bridgehead atoms. The highest BCUT2D eigenvalue weighted by atomic mass is 35.5. The molecule has 0 fully saturated rings. The van der Waals surface area contributed by atoms with Crippen molar-refractivity contribution in [2.24, 2.45) is 0 Å². The molecule has 1 amide bonds. The summed E-state index contributed by atoms with van der Waals surface area (Å²) in [4.78, 5) is 15.1. The summed E-state index contributed by atoms with van der Waals surface area (Å²) in [6.45, 7) is 1.15. The van der Waals surface area contributed by atoms with E-state index in [1.807, 2.05) is 89.8 Å². The minimum Gasteiger partial charge on any atom is -0.330 e. The summed E-state index contributed by atoms with van der Waals surface area (Å²) in [5, 5.41) is 0.692. The smallest absolute Gasteiger partial charge is 0.255 e. The lowest BCUT2D eigenvalue weighted by Gasteiger charge is -2.31. The summed E-state index contributed by atoms with van der Waals surface area (Å²) in [6.07, 6.45) is 1.96. The van der Waals surface area contributed by atoms with Crippen molar-refractivity contribution in [3.05, 3.63) is 106 Å². The van der Waals surface area contributed by atoms with Crippen molar-refractivity contribution in [2.75, 3.05) is 0 Å². The lowest BCUT2D eigenvalue weighted by molar-refractivity contribution is -0.126. The number of carbonyl (C=O) groups excluding carboxylic acids is 1. The van der Waals surface area contributed by atoms with Gasteiger partial charge in [0.25, 0.3) is 5.91 Å². The molecule has 128 valence electrons. The summed E-state index contributed by atoms with van der Waals surface area (Å²) < 4.78 is 0. The van der Waals surface area contributed by atoms with E-state index in [9.17, 15) is 4.79 Å². The molecule has 0 N–H and O–H groups in total. The van der Waals surface area contributed by atoms with Crippen LogP contribution in [0.3, 0.4) is 0 Å². The standard InChI is InChI=1S/C23H18ClNO/c24-20-11-12-21-19(14-20)16-25(15-18-9-5-2-6-10-18)23(26)22(21)13-17-7-3-1-4-8-17/h1-14H,15-16H2/b22-13-. The monoisotopic (exact) mass is 359 g/mol. The Labute approximate surface area is 158 Å². The van der Waals surface area contributed by atoms with Gasteiger partial charge in [0.15, 0.2) is 0 Å². The Kier molecular flexibility index (Phi) is 4.59. The topological polar surface area (TPSA) is 20.3 Å². The molecule has 1 aliphatic heterocycles. The zero-order chi connectivity index (χ0) is 17.9. The first-order valence-corrected chi connectivity index (χ1v) is 8.97. The van der Waals surface area contributed by atoms with E-state index >= 15 is 0 Å². The Morgan fingerprint density at radius 3 is 2.35 bits per heavy atom. The van der Waals surface area contributed by atoms with Crippen molar-refractivity contribution >= 4 is 29.2 Å². The summed E-state index contributed by atoms with van der Waals surface area (Å²) in [6, 6.07) is 25.8. The maximum absolute atomic E-state index is 13.2. The van der Waals surface area contributed by atoms with Crippen molar-refractivity contribution in [1.29, 1.82) is 0 Å². The Hall–Kier alpha value is -2.84. The Morgan fingerprint density at radius 1 is 0.923 bits per heavy atom. The van der Waals surface area contributed by atoms with Crippen LogP contribution in [0.2, 0.25) is 5.02 Å². The Bertz CT molecular complexity index is 964. The molecule has 26 heavy (non-hydrogen) atoms. The number of halogens is 1. The fourth-order valence-electron chi connectivity index (χ4n) is 3.31. The van der Waals surface area contributed by atoms with Crippen molar-refractivity contribution in [1.82, 2.24) is 4.90 Å². The maximum atomic E-state index is 13.2. The Balaban J connectivity index is 1.76. The zero-order valence-electron chi connectivity index (χ0n) is 14.2. The van der Waals surface area contributed by atoms with Crippen LogP contribution in [0.15, 0.2) is 78.9 Å². The predicted molar refractivity (Wildman–Crippen MR) is 106 cm³/mol. The molecule has 0 spiro atoms. The number of fused-ring (bicyclic) bond motifs is 1. The first kappa shape index (κ1) is 16.6. The number of hydrogen-bond donors (Lipinski definition) is 0. The highest BCUT2D eigenvalue weighted by Gasteiger charge is 2.28. The van der Waals surface area contributed by atoms with Crippen LogP contribution in [0.25, 0.3) is 11.6 Å². The van der Waals surface area contributed by atoms with Gasteiger partial charge in [0.1, 0.15) is 0 Å². The van der Waals surface area contributed by atoms with E-state index < -0.39 is 0 Å². The molecule has 0 aliphatic carbocycles. The van der Waals surface area contributed by atoms with E-state index in [-0.39, 0.29) is 5.91 Å². The number of rotatable bonds is 3. The number of amides is 1. The number of hydrogen-bond acceptors (Lipinski definition) is 1. The molecular formula is C23H18ClNO. The van der Waals surface area contributed by atoms with Crippen molar-refractivity contribution in [3.63, 3.8) is 0 Å². The van der Waals surface area contributed by atoms with Crippen LogP contribution >= 0.6 is 11.6 Å². The van der Waals surface area contributed by atoms with Gasteiger partial charge in [-0.3, -0.25) is 4.79 Å². The van der Waals surface area contributed by atoms with Gasteiger partial charge in [0.2, 0.25) is 0 Å². The van der Waals surface area contributed by atoms with Crippen LogP contribution in [0, 0.1) is 0 Å². The highest BCUT2D eigenvalue weighted by Crippen LogP contribution is 2.32. The molecule has 4 rings (SSSR count). The second-order valence-corrected chi connectivity index (χ2v) is 6.85. The quantitative estimate of drug-likeness (QED) is 0.571. The van der Waals surface area contributed by atoms with E-state index in [4.69, 9.17) is 11.6 Å². The molecule has 0 saturated heterocycles. The highest BCUT2D eigenvalue weighted by molar-refractivity contribution is 6.31. The van der Waals surface area contributed by atoms with Gasteiger partial charge in [0, 0.05) is 23.7 Å². The van der Waals surface area contributed by atoms with Gasteiger partial charge in [-0.15, -0.1) is 0 Å². The molecule has 0 radical (unpaired) electrons. The minimum atomic E-state index is 0.0486. The molecule has 0 aromatic heterocycles. The third-order valence-corrected chi connectivity index (χ3v) is 4.80. The van der Waals surface area contributed by atoms with Crippen LogP contribution < -0.4 is 0 Å². The third kappa shape index (κ3) is 3.42. The molecule has 1 heterocycles. The van der Waals surface area contributed by atoms with Crippen LogP contribution in [0.1, 0.15) is 22.3 Å². The maximum Gasteiger partial charge on any atom is 0.255 e. The van der Waals surface area contributed by atoms with E-state index in [1.165, 1.54) is 0 Å². The van der Waals surface area contributed by atoms with Gasteiger partial charge in [0.05, 0.1) is 0 Å². The van der Waals surface area contributed by atoms with E-state index in [1.54, 1.807) is 0 Å². The molecular weight excluding hydrogens is 342 g/mol. The van der Waals surface area contributed by atoms with Crippen molar-refractivity contribution in [2.45, 2.75) is 13.1 Å². The first-order chi connectivity index (χ1) is 12.7. The van der Waals surface area contributed by atoms with Gasteiger partial charge < -0.3 is 4.90 Å². The summed E-state index contributed by atoms with van der Waals surface area (Å²) >= 11 is 6.21. The van der Waals surface area contributed by atoms with Gasteiger partial charge in [-0.25, -0.2) is 0 Å². The molecule has 0 unspecified atom stereocenters. The zero-order valence-corrected chi connectivity index (χ0v) is 15.0. The molecule has 3 aromatic carbocycles. The SMILES string of the molecule is O=C1/C(=C\c2ccccc2)c2ccc(Cl)cc2CN1Cc1ccccc1. The lowest BCUT2D eigenvalue weighted by Crippen LogP contribution is -2.34. The van der Waals surface area contributed by atoms with Crippen LogP contribution in [0.4, 0.5) is 0 Å². The minimum absolute atomic E-state index is 0.0486. The second-order valence-electron chi connectivity index (χ2n) is 6.42. The number of benzene rings is 3. The fourth-order valence-corrected chi connectivity index (χ4v) is 3.50. The molecule has 3 aromatic rings. The van der Waals surface area contributed by atoms with E-state index in [0.29, 0.717) is 23.7 Å². The van der Waals surface area contributed by atoms with Crippen LogP contribution in [-0.2, 0) is 17.9 Å². The van der Waals surface area contributed by atoms with Gasteiger partial charge in [-0.2, -0.15) is 0 Å². The normalized spacial score (nSPS) is 15.2. The summed E-state index contributed by atoms with van der Waals surface area (Å²) in [5.41, 5.74) is 4.89. The van der Waals surface area contributed by atoms with E-state index in [0.717, 1.165) is 22.3 Å². The lowest BCUT2D eigenvalue weighted by atomic mass is 9.92. The average Bonchev–Trinajstić information content (AvgIpc) is 2.67. The molecule has 3 heteroatoms. The average molecular weight is 360 g/mol. The fraction of sp³-hybridized carbons (Fsp3) is 0.0870. The third-order valence-electron chi connectivity index (χ3n) is 4.56. The first-order valence-electron chi connectivity index (χ1n) is 8.59. The largest absolute Gasteiger partial charge is 0.330 e. The van der Waals surface area contributed by atoms with Gasteiger partial charge in [-0.1, -0.05) is 78.3 Å². The van der Waals surface area contributed by atoms with Crippen LogP contribution in [-0.4, -0.2) is 10.8 Å². The van der Waals surface area contributed by atoms with Crippen molar-refractivity contribution in [3.8, 4) is 0 Å². The van der Waals surface area contributed by atoms with Gasteiger partial charge >= 0.3 is 0 Å². The van der Waals surface area contributed by atoms with E-state index in [2.05, 4.69) is 0 Å². The predicted octanol–water partition coefficient (Wildman–Crippen LogP) is 5.42. The summed E-state index contributed by atoms with van der Waals surface area (Å²) in [5.74, 6) is 0.0486. The molecule has 1 aliphatic rings. The molecule has 0 atom stereocenters. The number of carbonyl (C=O) groups is 1. The van der Waals surface area contributed by atoms with Gasteiger partial charge in [-0.05, 0) is 40.5 Å². The second kappa shape index (κ2) is 7.19. The molecule has 2 nitrogen and oxygen atoms in total. The molecule has 0 saturated carbocycles. The summed E-state index contributed by atoms with van der Waals surface area (Å²) in [7, 11) is 0. The number of nitrogens with zero attached hydrogens (tertiary/aromatic N) is 1. The Morgan fingerprint density at radius 2 is 1.62 bits per heavy atom. The van der Waals surface area contributed by atoms with Crippen molar-refractivity contribution < 1.29 is 4.79 Å². The van der Waals surface area contributed by atoms with Crippen LogP contribution in [0.5, 0.6) is 0 Å².